The Morgan fingerprint density at radius 1 is 1.21 bits per heavy atom. The smallest absolute Gasteiger partial charge is 0.264 e. The first kappa shape index (κ1) is 21.5. The van der Waals surface area contributed by atoms with Crippen molar-refractivity contribution in [3.8, 4) is 11.5 Å². The summed E-state index contributed by atoms with van der Waals surface area (Å²) >= 11 is 0. The van der Waals surface area contributed by atoms with Crippen LogP contribution in [0.2, 0.25) is 0 Å². The molecular weight excluding hydrogens is 388 g/mol. The number of nitrogens with two attached hydrogens (primary N) is 1. The average Bonchev–Trinajstić information content (AvgIpc) is 3.15. The summed E-state index contributed by atoms with van der Waals surface area (Å²) in [6, 6.07) is 10.2. The van der Waals surface area contributed by atoms with E-state index in [0.29, 0.717) is 37.2 Å². The molecule has 3 N–H and O–H groups in total. The third-order valence-corrected chi connectivity index (χ3v) is 6.89. The van der Waals surface area contributed by atoms with Crippen LogP contribution in [0, 0.1) is 11.8 Å². The van der Waals surface area contributed by atoms with Crippen molar-refractivity contribution in [2.75, 3.05) is 24.0 Å². The van der Waals surface area contributed by atoms with Crippen molar-refractivity contribution < 1.29 is 18.3 Å². The van der Waals surface area contributed by atoms with Crippen molar-refractivity contribution in [3.05, 3.63) is 47.5 Å². The highest BCUT2D eigenvalue weighted by Gasteiger charge is 2.30. The number of ether oxygens (including phenoxy) is 1. The first-order chi connectivity index (χ1) is 13.7. The maximum absolute atomic E-state index is 13.6. The van der Waals surface area contributed by atoms with Gasteiger partial charge in [0.2, 0.25) is 0 Å². The zero-order chi connectivity index (χ0) is 21.2. The van der Waals surface area contributed by atoms with Gasteiger partial charge in [-0.25, -0.2) is 8.42 Å². The summed E-state index contributed by atoms with van der Waals surface area (Å²) in [5.41, 5.74) is 7.62. The minimum atomic E-state index is -3.85. The monoisotopic (exact) mass is 418 g/mol. The quantitative estimate of drug-likeness (QED) is 0.686. The number of fused-ring (bicyclic) bond motifs is 1. The molecule has 0 fully saturated rings. The third-order valence-electron chi connectivity index (χ3n) is 5.12. The number of anilines is 1. The summed E-state index contributed by atoms with van der Waals surface area (Å²) < 4.78 is 33.9. The molecule has 0 radical (unpaired) electrons. The lowest BCUT2D eigenvalue weighted by molar-refractivity contribution is 0.356. The molecule has 158 valence electrons. The second kappa shape index (κ2) is 8.63. The summed E-state index contributed by atoms with van der Waals surface area (Å²) in [5.74, 6) is 0.998. The van der Waals surface area contributed by atoms with E-state index in [1.165, 1.54) is 4.31 Å². The van der Waals surface area contributed by atoms with Crippen LogP contribution in [0.3, 0.4) is 0 Å². The number of rotatable bonds is 8. The number of hydrogen-bond acceptors (Lipinski definition) is 5. The van der Waals surface area contributed by atoms with Crippen LogP contribution in [-0.4, -0.2) is 33.2 Å². The Kier molecular flexibility index (Phi) is 6.39. The van der Waals surface area contributed by atoms with Gasteiger partial charge in [0.15, 0.2) is 0 Å². The third kappa shape index (κ3) is 4.51. The highest BCUT2D eigenvalue weighted by molar-refractivity contribution is 7.92. The fraction of sp³-hybridized carbons (Fsp3) is 0.455. The zero-order valence-electron chi connectivity index (χ0n) is 17.3. The minimum absolute atomic E-state index is 0.00141. The van der Waals surface area contributed by atoms with E-state index in [9.17, 15) is 13.5 Å². The Hall–Kier alpha value is -2.25. The van der Waals surface area contributed by atoms with E-state index >= 15 is 0 Å². The number of nitrogens with zero attached hydrogens (tertiary/aromatic N) is 1. The zero-order valence-corrected chi connectivity index (χ0v) is 18.1. The van der Waals surface area contributed by atoms with Crippen LogP contribution < -0.4 is 14.8 Å². The summed E-state index contributed by atoms with van der Waals surface area (Å²) in [6.45, 7) is 7.24. The Bertz CT molecular complexity index is 973. The molecule has 1 aliphatic rings. The fourth-order valence-electron chi connectivity index (χ4n) is 3.51. The molecule has 1 heterocycles. The molecule has 1 aliphatic heterocycles. The molecule has 0 unspecified atom stereocenters. The number of para-hydroxylation sites is 1. The standard InChI is InChI=1S/C22H30N2O4S/c1-15(2)14-24(20-6-4-5-18(22(20)25)11-16(3)13-23)29(26,27)19-7-8-21-17(12-19)9-10-28-21/h4-8,12,15-16,25H,9-11,13-14,23H2,1-3H3/t16-/m1/s1. The number of aromatic hydroxyl groups is 1. The topological polar surface area (TPSA) is 92.9 Å². The maximum Gasteiger partial charge on any atom is 0.264 e. The lowest BCUT2D eigenvalue weighted by Gasteiger charge is -2.28. The Morgan fingerprint density at radius 3 is 2.66 bits per heavy atom. The number of phenolic OH excluding ortho intramolecular Hbond substituents is 1. The van der Waals surface area contributed by atoms with Crippen LogP contribution in [0.15, 0.2) is 41.3 Å². The van der Waals surface area contributed by atoms with Crippen LogP contribution in [0.25, 0.3) is 0 Å². The van der Waals surface area contributed by atoms with Crippen LogP contribution in [0.1, 0.15) is 31.9 Å². The van der Waals surface area contributed by atoms with Crippen molar-refractivity contribution in [2.24, 2.45) is 17.6 Å². The van der Waals surface area contributed by atoms with Crippen LogP contribution in [0.5, 0.6) is 11.5 Å². The van der Waals surface area contributed by atoms with Gasteiger partial charge in [0.05, 0.1) is 17.2 Å². The maximum atomic E-state index is 13.6. The highest BCUT2D eigenvalue weighted by Crippen LogP contribution is 2.37. The molecule has 0 bridgehead atoms. The summed E-state index contributed by atoms with van der Waals surface area (Å²) in [7, 11) is -3.85. The molecule has 2 aromatic carbocycles. The van der Waals surface area contributed by atoms with E-state index in [2.05, 4.69) is 0 Å². The molecule has 0 saturated heterocycles. The van der Waals surface area contributed by atoms with Crippen molar-refractivity contribution >= 4 is 15.7 Å². The lowest BCUT2D eigenvalue weighted by Crippen LogP contribution is -2.34. The van der Waals surface area contributed by atoms with Crippen molar-refractivity contribution in [1.82, 2.24) is 0 Å². The number of hydrogen-bond donors (Lipinski definition) is 2. The van der Waals surface area contributed by atoms with Gasteiger partial charge < -0.3 is 15.6 Å². The van der Waals surface area contributed by atoms with Gasteiger partial charge in [-0.1, -0.05) is 32.9 Å². The van der Waals surface area contributed by atoms with Gasteiger partial charge in [-0.15, -0.1) is 0 Å². The minimum Gasteiger partial charge on any atom is -0.505 e. The van der Waals surface area contributed by atoms with Crippen molar-refractivity contribution in [1.29, 1.82) is 0 Å². The molecular formula is C22H30N2O4S. The van der Waals surface area contributed by atoms with Crippen LogP contribution in [-0.2, 0) is 22.9 Å². The fourth-order valence-corrected chi connectivity index (χ4v) is 5.20. The van der Waals surface area contributed by atoms with Crippen molar-refractivity contribution in [2.45, 2.75) is 38.5 Å². The number of sulfonamides is 1. The Morgan fingerprint density at radius 2 is 1.97 bits per heavy atom. The molecule has 1 atom stereocenters. The van der Waals surface area contributed by atoms with E-state index < -0.39 is 10.0 Å². The molecule has 7 heteroatoms. The van der Waals surface area contributed by atoms with Gasteiger partial charge in [-0.2, -0.15) is 0 Å². The Labute approximate surface area is 173 Å². The summed E-state index contributed by atoms with van der Waals surface area (Å²) in [6.07, 6.45) is 1.28. The number of benzene rings is 2. The van der Waals surface area contributed by atoms with E-state index in [0.717, 1.165) is 11.3 Å². The highest BCUT2D eigenvalue weighted by atomic mass is 32.2. The predicted octanol–water partition coefficient (Wildman–Crippen LogP) is 3.32. The van der Waals surface area contributed by atoms with E-state index in [-0.39, 0.29) is 29.0 Å². The molecule has 0 spiro atoms. The van der Waals surface area contributed by atoms with Gasteiger partial charge in [0.25, 0.3) is 10.0 Å². The molecule has 0 aliphatic carbocycles. The second-order valence-corrected chi connectivity index (χ2v) is 9.99. The molecule has 2 aromatic rings. The van der Waals surface area contributed by atoms with Gasteiger partial charge in [0, 0.05) is 13.0 Å². The normalized spacial score (nSPS) is 14.5. The van der Waals surface area contributed by atoms with Gasteiger partial charge >= 0.3 is 0 Å². The SMILES string of the molecule is CC(C)CN(c1cccc(C[C@@H](C)CN)c1O)S(=O)(=O)c1ccc2c(c1)CCO2. The Balaban J connectivity index is 2.05. The lowest BCUT2D eigenvalue weighted by atomic mass is 10.00. The molecule has 29 heavy (non-hydrogen) atoms. The summed E-state index contributed by atoms with van der Waals surface area (Å²) in [4.78, 5) is 0.211. The average molecular weight is 419 g/mol. The van der Waals surface area contributed by atoms with E-state index in [1.54, 1.807) is 30.3 Å². The molecule has 0 amide bonds. The van der Waals surface area contributed by atoms with Gasteiger partial charge in [-0.05, 0) is 60.2 Å². The van der Waals surface area contributed by atoms with E-state index in [1.807, 2.05) is 26.8 Å². The first-order valence-corrected chi connectivity index (χ1v) is 11.5. The van der Waals surface area contributed by atoms with Crippen LogP contribution >= 0.6 is 0 Å². The van der Waals surface area contributed by atoms with Crippen LogP contribution in [0.4, 0.5) is 5.69 Å². The first-order valence-electron chi connectivity index (χ1n) is 10.0. The number of phenols is 1. The summed E-state index contributed by atoms with van der Waals surface area (Å²) in [5, 5.41) is 10.9. The van der Waals surface area contributed by atoms with Crippen molar-refractivity contribution in [3.63, 3.8) is 0 Å². The molecule has 3 rings (SSSR count). The molecule has 0 aromatic heterocycles. The molecule has 0 saturated carbocycles. The van der Waals surface area contributed by atoms with E-state index in [4.69, 9.17) is 10.5 Å². The van der Waals surface area contributed by atoms with Gasteiger partial charge in [-0.3, -0.25) is 4.31 Å². The predicted molar refractivity (Wildman–Crippen MR) is 115 cm³/mol. The largest absolute Gasteiger partial charge is 0.505 e. The second-order valence-electron chi connectivity index (χ2n) is 8.13. The van der Waals surface area contributed by atoms with Gasteiger partial charge in [0.1, 0.15) is 11.5 Å². The molecule has 6 nitrogen and oxygen atoms in total.